The number of rotatable bonds is 8. The Balaban J connectivity index is 2.36. The zero-order chi connectivity index (χ0) is 20.5. The second-order valence-corrected chi connectivity index (χ2v) is 5.23. The third-order valence-corrected chi connectivity index (χ3v) is 3.37. The molecule has 0 radical (unpaired) electrons. The largest absolute Gasteiger partial charge is 0.493 e. The van der Waals surface area contributed by atoms with E-state index in [0.29, 0.717) is 6.29 Å². The number of halogens is 2. The highest BCUT2D eigenvalue weighted by Gasteiger charge is 2.17. The maximum Gasteiger partial charge on any atom is 0.259 e. The highest BCUT2D eigenvalue weighted by molar-refractivity contribution is 6.01. The summed E-state index contributed by atoms with van der Waals surface area (Å²) in [6.45, 7) is 0. The summed E-state index contributed by atoms with van der Waals surface area (Å²) in [5.41, 5.74) is 2.39. The minimum absolute atomic E-state index is 0.000170. The van der Waals surface area contributed by atoms with E-state index in [1.807, 2.05) is 0 Å². The first-order chi connectivity index (χ1) is 13.5. The number of allylic oxidation sites excluding steroid dienone is 2. The van der Waals surface area contributed by atoms with Crippen molar-refractivity contribution in [3.63, 3.8) is 0 Å². The lowest BCUT2D eigenvalue weighted by Crippen LogP contribution is -2.24. The van der Waals surface area contributed by atoms with Crippen molar-refractivity contribution in [2.24, 2.45) is 5.10 Å². The second-order valence-electron chi connectivity index (χ2n) is 5.23. The summed E-state index contributed by atoms with van der Waals surface area (Å²) in [6.07, 6.45) is 2.74. The van der Waals surface area contributed by atoms with Crippen LogP contribution in [0.5, 0.6) is 17.2 Å². The van der Waals surface area contributed by atoms with Crippen molar-refractivity contribution in [3.8, 4) is 17.2 Å². The van der Waals surface area contributed by atoms with E-state index in [-0.39, 0.29) is 28.5 Å². The molecule has 0 aromatic heterocycles. The zero-order valence-corrected chi connectivity index (χ0v) is 15.0. The van der Waals surface area contributed by atoms with E-state index in [2.05, 4.69) is 15.8 Å². The van der Waals surface area contributed by atoms with Crippen molar-refractivity contribution in [2.75, 3.05) is 14.2 Å². The Bertz CT molecular complexity index is 929. The number of carbonyl (C=O) groups excluding carboxylic acids is 2. The second kappa shape index (κ2) is 9.81. The molecular formula is C19H17F2N3O4. The van der Waals surface area contributed by atoms with Gasteiger partial charge in [0.1, 0.15) is 23.7 Å². The lowest BCUT2D eigenvalue weighted by molar-refractivity contribution is -0.104. The molecule has 28 heavy (non-hydrogen) atoms. The monoisotopic (exact) mass is 389 g/mol. The number of benzene rings is 2. The molecule has 0 saturated carbocycles. The van der Waals surface area contributed by atoms with Crippen LogP contribution in [0.4, 0.5) is 8.78 Å². The predicted molar refractivity (Wildman–Crippen MR) is 98.6 cm³/mol. The Morgan fingerprint density at radius 3 is 2.39 bits per heavy atom. The molecule has 0 aliphatic carbocycles. The molecule has 0 atom stereocenters. The molecule has 0 saturated heterocycles. The molecule has 2 aromatic rings. The number of aldehydes is 1. The molecule has 0 unspecified atom stereocenters. The molecule has 0 spiro atoms. The Kier molecular flexibility index (Phi) is 7.21. The number of carbonyl (C=O) groups is 2. The van der Waals surface area contributed by atoms with Crippen molar-refractivity contribution < 1.29 is 27.8 Å². The molecule has 0 aliphatic rings. The van der Waals surface area contributed by atoms with Gasteiger partial charge in [-0.2, -0.15) is 5.10 Å². The van der Waals surface area contributed by atoms with Gasteiger partial charge >= 0.3 is 0 Å². The van der Waals surface area contributed by atoms with Gasteiger partial charge in [0.05, 0.1) is 24.6 Å². The molecule has 7 nitrogen and oxygen atoms in total. The van der Waals surface area contributed by atoms with Crippen LogP contribution >= 0.6 is 0 Å². The molecular weight excluding hydrogens is 372 g/mol. The molecule has 0 bridgehead atoms. The van der Waals surface area contributed by atoms with Gasteiger partial charge in [-0.3, -0.25) is 9.59 Å². The Labute approximate surface area is 159 Å². The summed E-state index contributed by atoms with van der Waals surface area (Å²) in [7, 11) is 2.86. The van der Waals surface area contributed by atoms with E-state index in [9.17, 15) is 18.4 Å². The van der Waals surface area contributed by atoms with Crippen molar-refractivity contribution in [1.29, 1.82) is 0 Å². The molecule has 2 N–H and O–H groups in total. The highest BCUT2D eigenvalue weighted by atomic mass is 19.1. The number of hydrogen-bond acceptors (Lipinski definition) is 6. The molecule has 2 rings (SSSR count). The van der Waals surface area contributed by atoms with Crippen molar-refractivity contribution in [1.82, 2.24) is 10.7 Å². The fourth-order valence-electron chi connectivity index (χ4n) is 2.14. The van der Waals surface area contributed by atoms with Crippen molar-refractivity contribution >= 4 is 18.4 Å². The van der Waals surface area contributed by atoms with Gasteiger partial charge in [-0.25, -0.2) is 8.78 Å². The standard InChI is InChI=1S/C19H17F2N3O4/c1-22-23-11-14(7-8-25)24-19(26)15-9-12(20)3-5-16(15)28-17-6-4-13(21)10-18(17)27-2/h3-11,22H,1-2H3,(H,24,26)/b14-7+,23-11-. The third-order valence-electron chi connectivity index (χ3n) is 3.37. The first-order valence-electron chi connectivity index (χ1n) is 7.96. The summed E-state index contributed by atoms with van der Waals surface area (Å²) in [4.78, 5) is 23.3. The van der Waals surface area contributed by atoms with Crippen LogP contribution in [0.3, 0.4) is 0 Å². The number of amides is 1. The Hall–Kier alpha value is -3.75. The van der Waals surface area contributed by atoms with Crippen molar-refractivity contribution in [2.45, 2.75) is 0 Å². The first-order valence-corrected chi connectivity index (χ1v) is 7.96. The first kappa shape index (κ1) is 20.6. The summed E-state index contributed by atoms with van der Waals surface area (Å²) in [5.74, 6) is -1.73. The molecule has 9 heteroatoms. The third kappa shape index (κ3) is 5.37. The van der Waals surface area contributed by atoms with Crippen LogP contribution in [0.1, 0.15) is 10.4 Å². The quantitative estimate of drug-likeness (QED) is 0.314. The van der Waals surface area contributed by atoms with E-state index in [4.69, 9.17) is 9.47 Å². The predicted octanol–water partition coefficient (Wildman–Crippen LogP) is 2.78. The summed E-state index contributed by atoms with van der Waals surface area (Å²) < 4.78 is 37.7. The van der Waals surface area contributed by atoms with E-state index >= 15 is 0 Å². The van der Waals surface area contributed by atoms with E-state index in [0.717, 1.165) is 30.3 Å². The van der Waals surface area contributed by atoms with Gasteiger partial charge in [-0.1, -0.05) is 0 Å². The maximum atomic E-state index is 13.7. The van der Waals surface area contributed by atoms with Crippen LogP contribution in [0.2, 0.25) is 0 Å². The SMILES string of the molecule is CN/N=C\C(=C/C=O)NC(=O)c1cc(F)ccc1Oc1ccc(F)cc1OC. The fourth-order valence-corrected chi connectivity index (χ4v) is 2.14. The van der Waals surface area contributed by atoms with Gasteiger partial charge in [-0.05, 0) is 30.3 Å². The number of hydrogen-bond donors (Lipinski definition) is 2. The van der Waals surface area contributed by atoms with Gasteiger partial charge in [0.15, 0.2) is 11.5 Å². The number of methoxy groups -OCH3 is 1. The topological polar surface area (TPSA) is 89.0 Å². The zero-order valence-electron chi connectivity index (χ0n) is 15.0. The molecule has 0 heterocycles. The van der Waals surface area contributed by atoms with Crippen LogP contribution < -0.4 is 20.2 Å². The van der Waals surface area contributed by atoms with Crippen LogP contribution in [-0.2, 0) is 4.79 Å². The van der Waals surface area contributed by atoms with Crippen LogP contribution in [-0.4, -0.2) is 32.6 Å². The van der Waals surface area contributed by atoms with Gasteiger partial charge in [0, 0.05) is 19.2 Å². The average Bonchev–Trinajstić information content (AvgIpc) is 2.68. The number of hydrazone groups is 1. The van der Waals surface area contributed by atoms with Crippen LogP contribution in [0.15, 0.2) is 53.3 Å². The van der Waals surface area contributed by atoms with Gasteiger partial charge in [0.25, 0.3) is 5.91 Å². The molecule has 146 valence electrons. The van der Waals surface area contributed by atoms with Gasteiger partial charge < -0.3 is 20.2 Å². The number of nitrogens with one attached hydrogen (secondary N) is 2. The number of ether oxygens (including phenoxy) is 2. The molecule has 0 fully saturated rings. The Morgan fingerprint density at radius 1 is 1.07 bits per heavy atom. The maximum absolute atomic E-state index is 13.7. The summed E-state index contributed by atoms with van der Waals surface area (Å²) in [5, 5.41) is 6.13. The minimum Gasteiger partial charge on any atom is -0.493 e. The lowest BCUT2D eigenvalue weighted by Gasteiger charge is -2.14. The van der Waals surface area contributed by atoms with Gasteiger partial charge in [0.2, 0.25) is 0 Å². The number of nitrogens with zero attached hydrogens (tertiary/aromatic N) is 1. The highest BCUT2D eigenvalue weighted by Crippen LogP contribution is 2.33. The Morgan fingerprint density at radius 2 is 1.75 bits per heavy atom. The average molecular weight is 389 g/mol. The molecule has 1 amide bonds. The normalized spacial score (nSPS) is 11.2. The van der Waals surface area contributed by atoms with E-state index in [1.165, 1.54) is 32.5 Å². The summed E-state index contributed by atoms with van der Waals surface area (Å²) in [6, 6.07) is 6.90. The minimum atomic E-state index is -0.744. The smallest absolute Gasteiger partial charge is 0.259 e. The lowest BCUT2D eigenvalue weighted by atomic mass is 10.1. The van der Waals surface area contributed by atoms with E-state index < -0.39 is 17.5 Å². The molecule has 2 aromatic carbocycles. The van der Waals surface area contributed by atoms with Crippen molar-refractivity contribution in [3.05, 3.63) is 65.4 Å². The summed E-state index contributed by atoms with van der Waals surface area (Å²) >= 11 is 0. The van der Waals surface area contributed by atoms with E-state index in [1.54, 1.807) is 0 Å². The molecule has 0 aliphatic heterocycles. The van der Waals surface area contributed by atoms with Crippen LogP contribution in [0, 0.1) is 11.6 Å². The van der Waals surface area contributed by atoms with Crippen LogP contribution in [0.25, 0.3) is 0 Å². The van der Waals surface area contributed by atoms with Gasteiger partial charge in [-0.15, -0.1) is 0 Å². The fraction of sp³-hybridized carbons (Fsp3) is 0.105.